The van der Waals surface area contributed by atoms with E-state index in [1.807, 2.05) is 6.92 Å². The summed E-state index contributed by atoms with van der Waals surface area (Å²) in [6.07, 6.45) is 1.45. The summed E-state index contributed by atoms with van der Waals surface area (Å²) in [5, 5.41) is 11.2. The Labute approximate surface area is 200 Å². The molecule has 34 heavy (non-hydrogen) atoms. The molecule has 1 fully saturated rings. The molecule has 1 atom stereocenters. The molecule has 0 aromatic heterocycles. The highest BCUT2D eigenvalue weighted by Gasteiger charge is 2.46. The zero-order chi connectivity index (χ0) is 24.7. The van der Waals surface area contributed by atoms with Crippen molar-refractivity contribution in [2.24, 2.45) is 0 Å². The van der Waals surface area contributed by atoms with Gasteiger partial charge in [0.2, 0.25) is 0 Å². The number of carbonyl (C=O) groups excluding carboxylic acids is 2. The van der Waals surface area contributed by atoms with Crippen LogP contribution in [0.25, 0.3) is 5.76 Å². The van der Waals surface area contributed by atoms with Crippen molar-refractivity contribution in [2.75, 3.05) is 32.8 Å². The van der Waals surface area contributed by atoms with Crippen LogP contribution in [0, 0.1) is 5.82 Å². The molecule has 0 spiro atoms. The van der Waals surface area contributed by atoms with Crippen molar-refractivity contribution in [2.45, 2.75) is 39.7 Å². The number of hydrogen-bond acceptors (Lipinski definition) is 5. The van der Waals surface area contributed by atoms with Crippen molar-refractivity contribution in [3.8, 4) is 5.75 Å². The van der Waals surface area contributed by atoms with Crippen molar-refractivity contribution in [3.63, 3.8) is 0 Å². The highest BCUT2D eigenvalue weighted by molar-refractivity contribution is 6.46. The Balaban J connectivity index is 2.03. The molecule has 0 bridgehead atoms. The summed E-state index contributed by atoms with van der Waals surface area (Å²) in [5.74, 6) is -1.86. The summed E-state index contributed by atoms with van der Waals surface area (Å²) in [4.78, 5) is 29.8. The number of halogens is 1. The van der Waals surface area contributed by atoms with Crippen molar-refractivity contribution in [3.05, 3.63) is 71.0 Å². The zero-order valence-electron chi connectivity index (χ0n) is 20.1. The Morgan fingerprint density at radius 3 is 2.50 bits per heavy atom. The molecule has 1 N–H and O–H groups in total. The smallest absolute Gasteiger partial charge is 0.295 e. The number of hydrogen-bond donors (Lipinski definition) is 1. The number of ketones is 1. The van der Waals surface area contributed by atoms with Gasteiger partial charge in [-0.3, -0.25) is 9.59 Å². The molecule has 0 radical (unpaired) electrons. The third kappa shape index (κ3) is 5.47. The van der Waals surface area contributed by atoms with Crippen LogP contribution in [0.15, 0.2) is 54.1 Å². The molecular weight excluding hydrogens is 435 g/mol. The van der Waals surface area contributed by atoms with Crippen LogP contribution in [-0.2, 0) is 9.59 Å². The summed E-state index contributed by atoms with van der Waals surface area (Å²) < 4.78 is 20.5. The van der Waals surface area contributed by atoms with Gasteiger partial charge >= 0.3 is 0 Å². The van der Waals surface area contributed by atoms with Gasteiger partial charge in [0.05, 0.1) is 18.2 Å². The fraction of sp³-hybridized carbons (Fsp3) is 0.407. The van der Waals surface area contributed by atoms with E-state index < -0.39 is 23.5 Å². The Bertz CT molecular complexity index is 1050. The van der Waals surface area contributed by atoms with Gasteiger partial charge in [-0.2, -0.15) is 0 Å². The summed E-state index contributed by atoms with van der Waals surface area (Å²) in [7, 11) is 0. The van der Waals surface area contributed by atoms with E-state index in [1.54, 1.807) is 42.5 Å². The average Bonchev–Trinajstić information content (AvgIpc) is 3.10. The maximum atomic E-state index is 14.9. The number of likely N-dealkylation sites (tertiary alicyclic amines) is 1. The number of carbonyl (C=O) groups is 2. The monoisotopic (exact) mass is 468 g/mol. The van der Waals surface area contributed by atoms with Gasteiger partial charge in [0, 0.05) is 17.7 Å². The zero-order valence-corrected chi connectivity index (χ0v) is 20.1. The van der Waals surface area contributed by atoms with Crippen molar-refractivity contribution < 1.29 is 23.8 Å². The molecule has 2 aromatic carbocycles. The first-order valence-corrected chi connectivity index (χ1v) is 11.9. The number of rotatable bonds is 11. The second kappa shape index (κ2) is 11.8. The van der Waals surface area contributed by atoms with Crippen molar-refractivity contribution in [1.82, 2.24) is 9.80 Å². The molecular formula is C27H33FN2O4. The fourth-order valence-corrected chi connectivity index (χ4v) is 4.24. The van der Waals surface area contributed by atoms with Gasteiger partial charge in [0.15, 0.2) is 0 Å². The molecule has 1 unspecified atom stereocenters. The number of ether oxygens (including phenoxy) is 1. The Kier molecular flexibility index (Phi) is 8.82. The molecule has 3 rings (SSSR count). The summed E-state index contributed by atoms with van der Waals surface area (Å²) in [5.41, 5.74) is 0.422. The molecule has 2 aromatic rings. The van der Waals surface area contributed by atoms with Gasteiger partial charge in [0.25, 0.3) is 11.7 Å². The number of aliphatic hydroxyl groups excluding tert-OH is 1. The van der Waals surface area contributed by atoms with Crippen LogP contribution < -0.4 is 4.74 Å². The maximum absolute atomic E-state index is 14.9. The van der Waals surface area contributed by atoms with E-state index >= 15 is 0 Å². The molecule has 1 aliphatic rings. The number of aliphatic hydroxyl groups is 1. The molecule has 6 nitrogen and oxygen atoms in total. The molecule has 0 saturated carbocycles. The Morgan fingerprint density at radius 2 is 1.82 bits per heavy atom. The lowest BCUT2D eigenvalue weighted by molar-refractivity contribution is -0.140. The van der Waals surface area contributed by atoms with E-state index in [4.69, 9.17) is 4.74 Å². The predicted octanol–water partition coefficient (Wildman–Crippen LogP) is 4.77. The van der Waals surface area contributed by atoms with Gasteiger partial charge in [-0.05, 0) is 50.7 Å². The molecule has 7 heteroatoms. The molecule has 0 aliphatic carbocycles. The van der Waals surface area contributed by atoms with E-state index in [1.165, 1.54) is 11.0 Å². The number of amides is 1. The van der Waals surface area contributed by atoms with Gasteiger partial charge in [0.1, 0.15) is 17.3 Å². The SMILES string of the molecule is CCCOc1cccc(/C(O)=C2\C(=O)C(=O)N(CCCN(CC)CC)C2c2ccccc2F)c1. The molecule has 1 heterocycles. The van der Waals surface area contributed by atoms with Crippen LogP contribution in [0.1, 0.15) is 50.8 Å². The standard InChI is InChI=1S/C27H33FN2O4/c1-4-17-34-20-12-9-11-19(18-20)25(31)23-24(21-13-7-8-14-22(21)28)30(27(33)26(23)32)16-10-15-29(5-2)6-3/h7-9,11-14,18,24,31H,4-6,10,15-17H2,1-3H3/b25-23+. The van der Waals surface area contributed by atoms with Crippen LogP contribution >= 0.6 is 0 Å². The normalized spacial score (nSPS) is 17.6. The third-order valence-corrected chi connectivity index (χ3v) is 6.09. The first kappa shape index (κ1) is 25.4. The highest BCUT2D eigenvalue weighted by Crippen LogP contribution is 2.40. The predicted molar refractivity (Wildman–Crippen MR) is 130 cm³/mol. The second-order valence-corrected chi connectivity index (χ2v) is 8.27. The van der Waals surface area contributed by atoms with Crippen LogP contribution in [0.4, 0.5) is 4.39 Å². The van der Waals surface area contributed by atoms with Crippen molar-refractivity contribution >= 4 is 17.4 Å². The minimum absolute atomic E-state index is 0.106. The second-order valence-electron chi connectivity index (χ2n) is 8.27. The summed E-state index contributed by atoms with van der Waals surface area (Å²) in [6, 6.07) is 11.8. The topological polar surface area (TPSA) is 70.1 Å². The number of Topliss-reactive ketones (excluding diaryl/α,β-unsaturated/α-hetero) is 1. The first-order valence-electron chi connectivity index (χ1n) is 11.9. The van der Waals surface area contributed by atoms with Crippen LogP contribution in [-0.4, -0.2) is 59.4 Å². The van der Waals surface area contributed by atoms with Crippen molar-refractivity contribution in [1.29, 1.82) is 0 Å². The molecule has 1 saturated heterocycles. The molecule has 1 amide bonds. The van der Waals surface area contributed by atoms with Gasteiger partial charge in [-0.15, -0.1) is 0 Å². The third-order valence-electron chi connectivity index (χ3n) is 6.09. The fourth-order valence-electron chi connectivity index (χ4n) is 4.24. The molecule has 182 valence electrons. The molecule has 1 aliphatic heterocycles. The summed E-state index contributed by atoms with van der Waals surface area (Å²) in [6.45, 7) is 9.40. The van der Waals surface area contributed by atoms with Crippen LogP contribution in [0.5, 0.6) is 5.75 Å². The first-order chi connectivity index (χ1) is 16.4. The van der Waals surface area contributed by atoms with E-state index in [2.05, 4.69) is 18.7 Å². The Morgan fingerprint density at radius 1 is 1.09 bits per heavy atom. The van der Waals surface area contributed by atoms with Gasteiger partial charge < -0.3 is 19.6 Å². The number of nitrogens with zero attached hydrogens (tertiary/aromatic N) is 2. The van der Waals surface area contributed by atoms with E-state index in [0.29, 0.717) is 24.3 Å². The largest absolute Gasteiger partial charge is 0.507 e. The highest BCUT2D eigenvalue weighted by atomic mass is 19.1. The van der Waals surface area contributed by atoms with Gasteiger partial charge in [-0.1, -0.05) is 51.1 Å². The van der Waals surface area contributed by atoms with E-state index in [0.717, 1.165) is 26.1 Å². The minimum Gasteiger partial charge on any atom is -0.507 e. The van der Waals surface area contributed by atoms with E-state index in [-0.39, 0.29) is 23.4 Å². The lowest BCUT2D eigenvalue weighted by Gasteiger charge is -2.27. The quantitative estimate of drug-likeness (QED) is 0.292. The van der Waals surface area contributed by atoms with E-state index in [9.17, 15) is 19.1 Å². The number of benzene rings is 2. The van der Waals surface area contributed by atoms with Crippen LogP contribution in [0.2, 0.25) is 0 Å². The summed E-state index contributed by atoms with van der Waals surface area (Å²) >= 11 is 0. The minimum atomic E-state index is -1.00. The Hall–Kier alpha value is -3.19. The maximum Gasteiger partial charge on any atom is 0.295 e. The average molecular weight is 469 g/mol. The lowest BCUT2D eigenvalue weighted by atomic mass is 9.95. The lowest BCUT2D eigenvalue weighted by Crippen LogP contribution is -2.33. The van der Waals surface area contributed by atoms with Crippen LogP contribution in [0.3, 0.4) is 0 Å². The van der Waals surface area contributed by atoms with Gasteiger partial charge in [-0.25, -0.2) is 4.39 Å².